The summed E-state index contributed by atoms with van der Waals surface area (Å²) in [5, 5.41) is 5.04. The molecule has 0 aliphatic rings. The molecule has 61 heavy (non-hydrogen) atoms. The maximum atomic E-state index is 13.3. The molecule has 6 aromatic rings. The lowest BCUT2D eigenvalue weighted by atomic mass is 10.0. The first-order valence-corrected chi connectivity index (χ1v) is 21.6. The number of esters is 3. The van der Waals surface area contributed by atoms with Gasteiger partial charge in [0.25, 0.3) is 0 Å². The maximum absolute atomic E-state index is 13.3. The van der Waals surface area contributed by atoms with E-state index in [1.165, 1.54) is 36.2 Å². The van der Waals surface area contributed by atoms with E-state index in [4.69, 9.17) is 18.9 Å². The highest BCUT2D eigenvalue weighted by molar-refractivity contribution is 7.22. The average Bonchev–Trinajstić information content (AvgIpc) is 3.71. The quantitative estimate of drug-likeness (QED) is 0.0168. The number of para-hydroxylation sites is 1. The van der Waals surface area contributed by atoms with Crippen molar-refractivity contribution in [2.75, 3.05) is 25.2 Å². The number of aromatic nitrogens is 1. The van der Waals surface area contributed by atoms with Crippen LogP contribution < -0.4 is 14.9 Å². The van der Waals surface area contributed by atoms with Gasteiger partial charge in [-0.1, -0.05) is 92.3 Å². The number of nitrogens with one attached hydrogen (secondary N) is 1. The summed E-state index contributed by atoms with van der Waals surface area (Å²) in [4.78, 5) is 42.0. The molecule has 5 aromatic carbocycles. The van der Waals surface area contributed by atoms with Crippen LogP contribution >= 0.6 is 11.3 Å². The molecule has 0 aliphatic heterocycles. The molecular weight excluding hydrogens is 787 g/mol. The van der Waals surface area contributed by atoms with Gasteiger partial charge in [0.15, 0.2) is 0 Å². The predicted molar refractivity (Wildman–Crippen MR) is 243 cm³/mol. The average molecular weight is 838 g/mol. The van der Waals surface area contributed by atoms with Gasteiger partial charge in [0.1, 0.15) is 11.5 Å². The van der Waals surface area contributed by atoms with E-state index in [-0.39, 0.29) is 6.61 Å². The summed E-state index contributed by atoms with van der Waals surface area (Å²) in [5.74, 6) is -0.388. The van der Waals surface area contributed by atoms with Crippen molar-refractivity contribution in [3.8, 4) is 22.6 Å². The van der Waals surface area contributed by atoms with Crippen LogP contribution in [0.3, 0.4) is 0 Å². The summed E-state index contributed by atoms with van der Waals surface area (Å²) in [7, 11) is 0. The van der Waals surface area contributed by atoms with E-state index < -0.39 is 17.9 Å². The summed E-state index contributed by atoms with van der Waals surface area (Å²) in [5.41, 5.74) is 9.59. The zero-order valence-corrected chi connectivity index (χ0v) is 35.3. The Morgan fingerprint density at radius 3 is 2.13 bits per heavy atom. The molecule has 11 heteroatoms. The lowest BCUT2D eigenvalue weighted by Crippen LogP contribution is -2.11. The van der Waals surface area contributed by atoms with Crippen molar-refractivity contribution >= 4 is 50.8 Å². The minimum Gasteiger partial charge on any atom is -0.494 e. The number of fused-ring (bicyclic) bond motifs is 1. The Morgan fingerprint density at radius 2 is 1.39 bits per heavy atom. The normalized spacial score (nSPS) is 11.0. The van der Waals surface area contributed by atoms with Crippen molar-refractivity contribution in [2.45, 2.75) is 64.7 Å². The third-order valence-corrected chi connectivity index (χ3v) is 10.8. The van der Waals surface area contributed by atoms with E-state index in [0.717, 1.165) is 65.1 Å². The number of benzene rings is 5. The van der Waals surface area contributed by atoms with Gasteiger partial charge in [-0.25, -0.2) is 19.4 Å². The molecule has 0 amide bonds. The zero-order valence-electron chi connectivity index (χ0n) is 34.5. The van der Waals surface area contributed by atoms with Gasteiger partial charge in [0.2, 0.25) is 5.13 Å². The maximum Gasteiger partial charge on any atom is 0.343 e. The molecule has 0 atom stereocenters. The van der Waals surface area contributed by atoms with Crippen molar-refractivity contribution in [2.24, 2.45) is 5.10 Å². The number of hydrogen-bond donors (Lipinski definition) is 1. The largest absolute Gasteiger partial charge is 0.494 e. The standard InChI is InChI=1S/C50H51N3O7S/c1-3-5-8-13-36-16-19-38(20-17-36)39-21-23-40(24-22-39)48(55)59-33-30-37-18-29-45(42(34-37)35-51-53-50-52-44-14-9-10-15-46(44)61-50)60-49(56)41-25-27-43(28-26-41)57-31-11-6-7-12-32-58-47(54)4-2/h4,9-10,14-29,34-35H,2-3,5-8,11-13,30-33H2,1H3,(H,52,53)/b51-35+. The molecule has 314 valence electrons. The van der Waals surface area contributed by atoms with Crippen LogP contribution in [-0.4, -0.2) is 48.9 Å². The van der Waals surface area contributed by atoms with Crippen LogP contribution in [0.4, 0.5) is 5.13 Å². The second-order valence-electron chi connectivity index (χ2n) is 14.4. The van der Waals surface area contributed by atoms with Crippen LogP contribution in [0.5, 0.6) is 11.5 Å². The van der Waals surface area contributed by atoms with Crippen LogP contribution in [0, 0.1) is 0 Å². The number of hydrazone groups is 1. The second-order valence-corrected chi connectivity index (χ2v) is 15.4. The van der Waals surface area contributed by atoms with Crippen LogP contribution in [0.1, 0.15) is 89.3 Å². The smallest absolute Gasteiger partial charge is 0.343 e. The first kappa shape index (κ1) is 44.0. The van der Waals surface area contributed by atoms with Crippen molar-refractivity contribution in [3.05, 3.63) is 156 Å². The molecule has 6 rings (SSSR count). The van der Waals surface area contributed by atoms with Crippen LogP contribution in [0.15, 0.2) is 133 Å². The number of carbonyl (C=O) groups is 3. The summed E-state index contributed by atoms with van der Waals surface area (Å²) >= 11 is 1.48. The monoisotopic (exact) mass is 837 g/mol. The molecule has 0 fully saturated rings. The van der Waals surface area contributed by atoms with Gasteiger partial charge in [-0.3, -0.25) is 5.43 Å². The van der Waals surface area contributed by atoms with E-state index in [2.05, 4.69) is 53.3 Å². The fourth-order valence-corrected chi connectivity index (χ4v) is 7.25. The Kier molecular flexibility index (Phi) is 16.8. The van der Waals surface area contributed by atoms with E-state index in [1.54, 1.807) is 48.7 Å². The van der Waals surface area contributed by atoms with E-state index in [9.17, 15) is 14.4 Å². The van der Waals surface area contributed by atoms with E-state index in [0.29, 0.717) is 53.0 Å². The highest BCUT2D eigenvalue weighted by Gasteiger charge is 2.14. The Hall–Kier alpha value is -6.59. The predicted octanol–water partition coefficient (Wildman–Crippen LogP) is 11.4. The fourth-order valence-electron chi connectivity index (χ4n) is 6.44. The van der Waals surface area contributed by atoms with Gasteiger partial charge in [-0.2, -0.15) is 5.10 Å². The van der Waals surface area contributed by atoms with Gasteiger partial charge in [0.05, 0.1) is 47.4 Å². The summed E-state index contributed by atoms with van der Waals surface area (Å²) in [6.07, 6.45) is 11.4. The lowest BCUT2D eigenvalue weighted by molar-refractivity contribution is -0.137. The van der Waals surface area contributed by atoms with E-state index in [1.807, 2.05) is 48.5 Å². The first-order valence-electron chi connectivity index (χ1n) is 20.8. The van der Waals surface area contributed by atoms with Gasteiger partial charge >= 0.3 is 17.9 Å². The minimum absolute atomic E-state index is 0.154. The Balaban J connectivity index is 1.03. The zero-order chi connectivity index (χ0) is 42.7. The van der Waals surface area contributed by atoms with Gasteiger partial charge in [-0.15, -0.1) is 0 Å². The molecule has 0 unspecified atom stereocenters. The van der Waals surface area contributed by atoms with Crippen LogP contribution in [0.25, 0.3) is 21.3 Å². The molecule has 0 saturated carbocycles. The van der Waals surface area contributed by atoms with Crippen molar-refractivity contribution < 1.29 is 33.3 Å². The Morgan fingerprint density at radius 1 is 0.705 bits per heavy atom. The summed E-state index contributed by atoms with van der Waals surface area (Å²) in [6.45, 7) is 6.66. The molecule has 1 heterocycles. The highest BCUT2D eigenvalue weighted by atomic mass is 32.1. The van der Waals surface area contributed by atoms with Gasteiger partial charge in [0, 0.05) is 18.1 Å². The number of ether oxygens (including phenoxy) is 4. The Labute approximate surface area is 361 Å². The molecule has 1 N–H and O–H groups in total. The number of unbranched alkanes of at least 4 members (excludes halogenated alkanes) is 5. The van der Waals surface area contributed by atoms with Crippen molar-refractivity contribution in [1.82, 2.24) is 4.98 Å². The number of hydrogen-bond acceptors (Lipinski definition) is 11. The topological polar surface area (TPSA) is 125 Å². The van der Waals surface area contributed by atoms with Crippen molar-refractivity contribution in [1.29, 1.82) is 0 Å². The fraction of sp³-hybridized carbons (Fsp3) is 0.260. The van der Waals surface area contributed by atoms with Gasteiger partial charge in [-0.05, 0) is 121 Å². The molecule has 0 aliphatic carbocycles. The number of rotatable bonds is 23. The molecule has 0 spiro atoms. The molecule has 0 saturated heterocycles. The third-order valence-electron chi connectivity index (χ3n) is 9.84. The SMILES string of the molecule is C=CC(=O)OCCCCCCOc1ccc(C(=O)Oc2ccc(CCOC(=O)c3ccc(-c4ccc(CCCCC)cc4)cc3)cc2/C=N/Nc2nc3ccccc3s2)cc1. The molecular formula is C50H51N3O7S. The second kappa shape index (κ2) is 23.3. The number of nitrogens with zero attached hydrogens (tertiary/aromatic N) is 2. The number of carbonyl (C=O) groups excluding carboxylic acids is 3. The van der Waals surface area contributed by atoms with Crippen LogP contribution in [-0.2, 0) is 27.1 Å². The number of thiazole rings is 1. The summed E-state index contributed by atoms with van der Waals surface area (Å²) in [6, 6.07) is 36.1. The van der Waals surface area contributed by atoms with Gasteiger partial charge < -0.3 is 18.9 Å². The molecule has 0 bridgehead atoms. The van der Waals surface area contributed by atoms with E-state index >= 15 is 0 Å². The summed E-state index contributed by atoms with van der Waals surface area (Å²) < 4.78 is 23.4. The first-order chi connectivity index (χ1) is 29.9. The van der Waals surface area contributed by atoms with Crippen molar-refractivity contribution in [3.63, 3.8) is 0 Å². The minimum atomic E-state index is -0.537. The third kappa shape index (κ3) is 13.7. The Bertz CT molecular complexity index is 2360. The highest BCUT2D eigenvalue weighted by Crippen LogP contribution is 2.27. The number of aryl methyl sites for hydroxylation is 1. The molecule has 1 aromatic heterocycles. The molecule has 0 radical (unpaired) electrons. The molecule has 10 nitrogen and oxygen atoms in total. The lowest BCUT2D eigenvalue weighted by Gasteiger charge is -2.11. The number of anilines is 1. The van der Waals surface area contributed by atoms with Crippen LogP contribution in [0.2, 0.25) is 0 Å².